The monoisotopic (exact) mass is 188 g/mol. The molecule has 3 heteroatoms. The summed E-state index contributed by atoms with van der Waals surface area (Å²) < 4.78 is 0. The molecule has 2 N–H and O–H groups in total. The number of nitrogens with zero attached hydrogens (tertiary/aromatic N) is 1. The van der Waals surface area contributed by atoms with E-state index >= 15 is 0 Å². The van der Waals surface area contributed by atoms with Gasteiger partial charge < -0.3 is 5.73 Å². The lowest BCUT2D eigenvalue weighted by Crippen LogP contribution is -2.13. The summed E-state index contributed by atoms with van der Waals surface area (Å²) in [6.07, 6.45) is 0.226. The van der Waals surface area contributed by atoms with Crippen LogP contribution in [-0.2, 0) is 0 Å². The molecule has 1 aromatic carbocycles. The van der Waals surface area contributed by atoms with Crippen molar-refractivity contribution in [3.05, 3.63) is 35.4 Å². The van der Waals surface area contributed by atoms with Crippen LogP contribution in [0.15, 0.2) is 24.3 Å². The highest BCUT2D eigenvalue weighted by Gasteiger charge is 2.12. The van der Waals surface area contributed by atoms with Gasteiger partial charge in [0.1, 0.15) is 0 Å². The normalized spacial score (nSPS) is 11.8. The van der Waals surface area contributed by atoms with E-state index < -0.39 is 0 Å². The smallest absolute Gasteiger partial charge is 0.160 e. The first kappa shape index (κ1) is 10.4. The minimum Gasteiger partial charge on any atom is -0.323 e. The van der Waals surface area contributed by atoms with Gasteiger partial charge in [-0.3, -0.25) is 4.79 Å². The van der Waals surface area contributed by atoms with Gasteiger partial charge in [-0.15, -0.1) is 0 Å². The highest BCUT2D eigenvalue weighted by Crippen LogP contribution is 2.18. The lowest BCUT2D eigenvalue weighted by molar-refractivity contribution is 0.101. The molecule has 72 valence electrons. The number of hydrogen-bond acceptors (Lipinski definition) is 3. The van der Waals surface area contributed by atoms with Crippen LogP contribution in [0.1, 0.15) is 35.3 Å². The van der Waals surface area contributed by atoms with Crippen molar-refractivity contribution in [1.29, 1.82) is 5.26 Å². The lowest BCUT2D eigenvalue weighted by Gasteiger charge is -2.11. The summed E-state index contributed by atoms with van der Waals surface area (Å²) in [5.41, 5.74) is 7.13. The number of carbonyl (C=O) groups is 1. The number of ketones is 1. The van der Waals surface area contributed by atoms with E-state index in [2.05, 4.69) is 0 Å². The summed E-state index contributed by atoms with van der Waals surface area (Å²) in [5, 5.41) is 8.51. The molecule has 0 aliphatic rings. The van der Waals surface area contributed by atoms with Crippen molar-refractivity contribution in [1.82, 2.24) is 0 Å². The molecule has 0 bridgehead atoms. The molecule has 0 fully saturated rings. The van der Waals surface area contributed by atoms with E-state index in [1.807, 2.05) is 12.1 Å². The van der Waals surface area contributed by atoms with Crippen molar-refractivity contribution in [2.24, 2.45) is 5.73 Å². The maximum absolute atomic E-state index is 11.2. The number of nitrogens with two attached hydrogens (primary N) is 1. The molecule has 0 heterocycles. The number of hydrogen-bond donors (Lipinski definition) is 1. The van der Waals surface area contributed by atoms with Gasteiger partial charge in [-0.2, -0.15) is 5.26 Å². The Labute approximate surface area is 83.2 Å². The first-order chi connectivity index (χ1) is 6.66. The highest BCUT2D eigenvalue weighted by molar-refractivity contribution is 5.95. The Bertz CT molecular complexity index is 379. The van der Waals surface area contributed by atoms with Crippen molar-refractivity contribution in [3.63, 3.8) is 0 Å². The van der Waals surface area contributed by atoms with Crippen LogP contribution in [-0.4, -0.2) is 5.78 Å². The van der Waals surface area contributed by atoms with E-state index in [1.54, 1.807) is 18.2 Å². The number of rotatable bonds is 3. The van der Waals surface area contributed by atoms with Gasteiger partial charge in [0, 0.05) is 11.6 Å². The van der Waals surface area contributed by atoms with Crippen molar-refractivity contribution >= 4 is 5.78 Å². The van der Waals surface area contributed by atoms with Gasteiger partial charge in [0.15, 0.2) is 5.78 Å². The van der Waals surface area contributed by atoms with E-state index in [9.17, 15) is 4.79 Å². The summed E-state index contributed by atoms with van der Waals surface area (Å²) in [5.74, 6) is -0.0195. The standard InChI is InChI=1S/C11H12N2O/c1-8(14)9-4-2-3-5-10(9)11(13)6-7-12/h2-5,11H,6,13H2,1H3/t11-/m0/s1. The molecule has 3 nitrogen and oxygen atoms in total. The fourth-order valence-corrected chi connectivity index (χ4v) is 1.35. The fraction of sp³-hybridized carbons (Fsp3) is 0.273. The molecule has 0 amide bonds. The summed E-state index contributed by atoms with van der Waals surface area (Å²) in [6.45, 7) is 1.50. The third-order valence-corrected chi connectivity index (χ3v) is 2.05. The Morgan fingerprint density at radius 3 is 2.79 bits per heavy atom. The maximum atomic E-state index is 11.2. The fourth-order valence-electron chi connectivity index (χ4n) is 1.35. The van der Waals surface area contributed by atoms with Crippen LogP contribution in [0.3, 0.4) is 0 Å². The Hall–Kier alpha value is -1.66. The first-order valence-electron chi connectivity index (χ1n) is 4.39. The quantitative estimate of drug-likeness (QED) is 0.735. The van der Waals surface area contributed by atoms with Crippen LogP contribution in [0.25, 0.3) is 0 Å². The van der Waals surface area contributed by atoms with Gasteiger partial charge in [-0.05, 0) is 12.5 Å². The zero-order valence-corrected chi connectivity index (χ0v) is 8.03. The predicted molar refractivity (Wildman–Crippen MR) is 53.6 cm³/mol. The molecule has 0 saturated carbocycles. The van der Waals surface area contributed by atoms with E-state index in [0.717, 1.165) is 5.56 Å². The number of nitriles is 1. The second-order valence-electron chi connectivity index (χ2n) is 3.11. The van der Waals surface area contributed by atoms with E-state index in [4.69, 9.17) is 11.0 Å². The molecule has 0 aliphatic carbocycles. The van der Waals surface area contributed by atoms with E-state index in [-0.39, 0.29) is 18.2 Å². The number of benzene rings is 1. The first-order valence-corrected chi connectivity index (χ1v) is 4.39. The average Bonchev–Trinajstić information content (AvgIpc) is 2.18. The molecule has 1 aromatic rings. The van der Waals surface area contributed by atoms with Crippen LogP contribution in [0, 0.1) is 11.3 Å². The van der Waals surface area contributed by atoms with Gasteiger partial charge in [-0.25, -0.2) is 0 Å². The van der Waals surface area contributed by atoms with Gasteiger partial charge in [0.05, 0.1) is 12.5 Å². The zero-order valence-electron chi connectivity index (χ0n) is 8.03. The van der Waals surface area contributed by atoms with Gasteiger partial charge in [0.25, 0.3) is 0 Å². The van der Waals surface area contributed by atoms with Crippen LogP contribution in [0.2, 0.25) is 0 Å². The van der Waals surface area contributed by atoms with Crippen molar-refractivity contribution < 1.29 is 4.79 Å². The molecule has 0 aliphatic heterocycles. The highest BCUT2D eigenvalue weighted by atomic mass is 16.1. The van der Waals surface area contributed by atoms with Crippen LogP contribution < -0.4 is 5.73 Å². The minimum absolute atomic E-state index is 0.0195. The molecule has 1 rings (SSSR count). The van der Waals surface area contributed by atoms with E-state index in [1.165, 1.54) is 6.92 Å². The Morgan fingerprint density at radius 1 is 1.57 bits per heavy atom. The molecule has 0 aromatic heterocycles. The van der Waals surface area contributed by atoms with Gasteiger partial charge >= 0.3 is 0 Å². The Morgan fingerprint density at radius 2 is 2.21 bits per heavy atom. The average molecular weight is 188 g/mol. The lowest BCUT2D eigenvalue weighted by atomic mass is 9.97. The molecule has 0 unspecified atom stereocenters. The maximum Gasteiger partial charge on any atom is 0.160 e. The Kier molecular flexibility index (Phi) is 3.38. The molecular weight excluding hydrogens is 176 g/mol. The van der Waals surface area contributed by atoms with Gasteiger partial charge in [0.2, 0.25) is 0 Å². The zero-order chi connectivity index (χ0) is 10.6. The van der Waals surface area contributed by atoms with Crippen LogP contribution in [0.5, 0.6) is 0 Å². The number of carbonyl (C=O) groups excluding carboxylic acids is 1. The van der Waals surface area contributed by atoms with Crippen LogP contribution in [0.4, 0.5) is 0 Å². The molecule has 0 spiro atoms. The summed E-state index contributed by atoms with van der Waals surface area (Å²) >= 11 is 0. The molecular formula is C11H12N2O. The SMILES string of the molecule is CC(=O)c1ccccc1[C@@H](N)CC#N. The van der Waals surface area contributed by atoms with Crippen molar-refractivity contribution in [3.8, 4) is 6.07 Å². The third kappa shape index (κ3) is 2.18. The summed E-state index contributed by atoms with van der Waals surface area (Å²) in [4.78, 5) is 11.2. The second-order valence-corrected chi connectivity index (χ2v) is 3.11. The van der Waals surface area contributed by atoms with E-state index in [0.29, 0.717) is 5.56 Å². The summed E-state index contributed by atoms with van der Waals surface area (Å²) in [6, 6.07) is 8.75. The number of Topliss-reactive ketones (excluding diaryl/α,β-unsaturated/α-hetero) is 1. The van der Waals surface area contributed by atoms with Crippen molar-refractivity contribution in [2.75, 3.05) is 0 Å². The molecule has 14 heavy (non-hydrogen) atoms. The molecule has 1 atom stereocenters. The summed E-state index contributed by atoms with van der Waals surface area (Å²) in [7, 11) is 0. The Balaban J connectivity index is 3.08. The largest absolute Gasteiger partial charge is 0.323 e. The molecule has 0 saturated heterocycles. The molecule has 0 radical (unpaired) electrons. The third-order valence-electron chi connectivity index (χ3n) is 2.05. The minimum atomic E-state index is -0.375. The second kappa shape index (κ2) is 4.54. The van der Waals surface area contributed by atoms with Crippen LogP contribution >= 0.6 is 0 Å². The topological polar surface area (TPSA) is 66.9 Å². The van der Waals surface area contributed by atoms with Crippen molar-refractivity contribution in [2.45, 2.75) is 19.4 Å². The van der Waals surface area contributed by atoms with Gasteiger partial charge in [-0.1, -0.05) is 24.3 Å². The predicted octanol–water partition coefficient (Wildman–Crippen LogP) is 1.80.